The number of carbonyl (C=O) groups excluding carboxylic acids is 1. The Labute approximate surface area is 169 Å². The van der Waals surface area contributed by atoms with Crippen LogP contribution < -0.4 is 4.74 Å². The number of halogens is 5. The van der Waals surface area contributed by atoms with Crippen LogP contribution in [-0.2, 0) is 6.42 Å². The normalized spacial score (nSPS) is 11.1. The molecule has 0 saturated heterocycles. The fourth-order valence-electron chi connectivity index (χ4n) is 2.69. The molecule has 0 saturated carbocycles. The van der Waals surface area contributed by atoms with Gasteiger partial charge < -0.3 is 4.74 Å². The van der Waals surface area contributed by atoms with Crippen molar-refractivity contribution in [3.05, 3.63) is 99.9 Å². The minimum atomic E-state index is -1.76. The molecule has 0 unspecified atom stereocenters. The molecule has 154 valence electrons. The van der Waals surface area contributed by atoms with E-state index in [1.807, 2.05) is 31.2 Å². The van der Waals surface area contributed by atoms with Crippen molar-refractivity contribution in [1.29, 1.82) is 0 Å². The molecule has 0 aromatic heterocycles. The average Bonchev–Trinajstić information content (AvgIpc) is 2.70. The van der Waals surface area contributed by atoms with Crippen molar-refractivity contribution in [3.63, 3.8) is 0 Å². The third-order valence-electron chi connectivity index (χ3n) is 4.29. The maximum Gasteiger partial charge on any atom is 0.349 e. The largest absolute Gasteiger partial charge is 0.423 e. The van der Waals surface area contributed by atoms with Crippen molar-refractivity contribution >= 4 is 18.1 Å². The molecule has 0 atom stereocenters. The quantitative estimate of drug-likeness (QED) is 0.159. The van der Waals surface area contributed by atoms with Gasteiger partial charge in [-0.2, -0.15) is 0 Å². The van der Waals surface area contributed by atoms with E-state index in [1.165, 1.54) is 6.08 Å². The molecule has 0 N–H and O–H groups in total. The minimum absolute atomic E-state index is 0.153. The van der Waals surface area contributed by atoms with Gasteiger partial charge in [-0.15, -0.1) is 0 Å². The number of hydrogen-bond acceptors (Lipinski definition) is 2. The maximum absolute atomic E-state index is 14.3. The summed E-state index contributed by atoms with van der Waals surface area (Å²) in [6.07, 6.45) is 4.00. The van der Waals surface area contributed by atoms with E-state index in [2.05, 4.69) is 4.74 Å². The first-order chi connectivity index (χ1) is 14.3. The molecular formula is C23H15F5O2. The van der Waals surface area contributed by atoms with Gasteiger partial charge in [0.1, 0.15) is 22.9 Å². The Hall–Kier alpha value is -3.48. The fourth-order valence-corrected chi connectivity index (χ4v) is 2.69. The summed E-state index contributed by atoms with van der Waals surface area (Å²) >= 11 is 0. The Bertz CT molecular complexity index is 1070. The zero-order valence-electron chi connectivity index (χ0n) is 15.7. The summed E-state index contributed by atoms with van der Waals surface area (Å²) in [5.74, 6) is -9.64. The van der Waals surface area contributed by atoms with Gasteiger partial charge in [0.15, 0.2) is 17.5 Å². The first kappa shape index (κ1) is 21.2. The molecule has 0 spiro atoms. The molecule has 0 fully saturated rings. The van der Waals surface area contributed by atoms with Crippen LogP contribution in [0.5, 0.6) is 5.75 Å². The van der Waals surface area contributed by atoms with Gasteiger partial charge >= 0.3 is 5.97 Å². The Balaban J connectivity index is 1.81. The van der Waals surface area contributed by atoms with Gasteiger partial charge in [0.2, 0.25) is 0 Å². The average molecular weight is 418 g/mol. The van der Waals surface area contributed by atoms with E-state index in [0.717, 1.165) is 29.7 Å². The number of rotatable bonds is 5. The van der Waals surface area contributed by atoms with Crippen molar-refractivity contribution in [3.8, 4) is 5.75 Å². The molecule has 3 aromatic rings. The number of benzene rings is 3. The maximum atomic E-state index is 14.3. The molecule has 2 nitrogen and oxygen atoms in total. The predicted octanol–water partition coefficient (Wildman–Crippen LogP) is 6.33. The number of hydrogen-bond donors (Lipinski definition) is 0. The lowest BCUT2D eigenvalue weighted by molar-refractivity contribution is 0.0723. The van der Waals surface area contributed by atoms with E-state index in [1.54, 1.807) is 6.08 Å². The predicted molar refractivity (Wildman–Crippen MR) is 102 cm³/mol. The number of esters is 1. The van der Waals surface area contributed by atoms with Crippen LogP contribution >= 0.6 is 0 Å². The van der Waals surface area contributed by atoms with Gasteiger partial charge in [-0.05, 0) is 35.2 Å². The molecule has 0 amide bonds. The van der Waals surface area contributed by atoms with Crippen molar-refractivity contribution < 1.29 is 31.5 Å². The van der Waals surface area contributed by atoms with E-state index in [-0.39, 0.29) is 5.56 Å². The molecule has 3 aromatic carbocycles. The van der Waals surface area contributed by atoms with Crippen LogP contribution in [0.4, 0.5) is 22.0 Å². The van der Waals surface area contributed by atoms with Crippen LogP contribution in [0.1, 0.15) is 34.0 Å². The monoisotopic (exact) mass is 418 g/mol. The molecule has 0 aliphatic carbocycles. The Morgan fingerprint density at radius 2 is 1.33 bits per heavy atom. The second-order valence-corrected chi connectivity index (χ2v) is 6.38. The van der Waals surface area contributed by atoms with E-state index >= 15 is 0 Å². The Morgan fingerprint density at radius 1 is 0.800 bits per heavy atom. The molecule has 0 aliphatic heterocycles. The highest BCUT2D eigenvalue weighted by Gasteiger charge is 2.22. The smallest absolute Gasteiger partial charge is 0.349 e. The topological polar surface area (TPSA) is 26.3 Å². The van der Waals surface area contributed by atoms with Crippen LogP contribution in [-0.4, -0.2) is 5.97 Å². The first-order valence-electron chi connectivity index (χ1n) is 8.91. The molecular weight excluding hydrogens is 403 g/mol. The zero-order valence-corrected chi connectivity index (χ0v) is 15.7. The van der Waals surface area contributed by atoms with Crippen LogP contribution in [0, 0.1) is 29.1 Å². The zero-order chi connectivity index (χ0) is 21.8. The molecule has 0 bridgehead atoms. The van der Waals surface area contributed by atoms with Crippen LogP contribution in [0.2, 0.25) is 0 Å². The summed E-state index contributed by atoms with van der Waals surface area (Å²) in [6, 6.07) is 10.2. The van der Waals surface area contributed by atoms with Crippen LogP contribution in [0.15, 0.2) is 48.5 Å². The summed E-state index contributed by atoms with van der Waals surface area (Å²) in [6.45, 7) is 2.02. The van der Waals surface area contributed by atoms with Gasteiger partial charge in [0.25, 0.3) is 0 Å². The lowest BCUT2D eigenvalue weighted by atomic mass is 10.1. The van der Waals surface area contributed by atoms with E-state index in [0.29, 0.717) is 12.1 Å². The SMILES string of the molecule is CCc1ccc(C=Cc2cc(F)c(C(=O)Oc3cc(F)c(F)c(F)c3)c(F)c2)cc1. The molecule has 3 rings (SSSR count). The highest BCUT2D eigenvalue weighted by atomic mass is 19.2. The first-order valence-corrected chi connectivity index (χ1v) is 8.91. The Kier molecular flexibility index (Phi) is 6.30. The van der Waals surface area contributed by atoms with E-state index in [9.17, 15) is 26.7 Å². The third-order valence-corrected chi connectivity index (χ3v) is 4.29. The lowest BCUT2D eigenvalue weighted by Crippen LogP contribution is -2.14. The van der Waals surface area contributed by atoms with Gasteiger partial charge in [-0.25, -0.2) is 26.7 Å². The molecule has 0 radical (unpaired) electrons. The molecule has 0 aliphatic rings. The van der Waals surface area contributed by atoms with Crippen LogP contribution in [0.25, 0.3) is 12.2 Å². The summed E-state index contributed by atoms with van der Waals surface area (Å²) in [4.78, 5) is 12.1. The van der Waals surface area contributed by atoms with Crippen molar-refractivity contribution in [2.75, 3.05) is 0 Å². The van der Waals surface area contributed by atoms with E-state index < -0.39 is 46.4 Å². The van der Waals surface area contributed by atoms with E-state index in [4.69, 9.17) is 0 Å². The van der Waals surface area contributed by atoms with Crippen molar-refractivity contribution in [2.45, 2.75) is 13.3 Å². The van der Waals surface area contributed by atoms with Gasteiger partial charge in [0, 0.05) is 12.1 Å². The second-order valence-electron chi connectivity index (χ2n) is 6.38. The van der Waals surface area contributed by atoms with Crippen molar-refractivity contribution in [2.24, 2.45) is 0 Å². The lowest BCUT2D eigenvalue weighted by Gasteiger charge is -2.08. The number of carbonyl (C=O) groups is 1. The molecule has 30 heavy (non-hydrogen) atoms. The van der Waals surface area contributed by atoms with Gasteiger partial charge in [0.05, 0.1) is 0 Å². The highest BCUT2D eigenvalue weighted by Crippen LogP contribution is 2.23. The fraction of sp³-hybridized carbons (Fsp3) is 0.0870. The highest BCUT2D eigenvalue weighted by molar-refractivity contribution is 5.92. The van der Waals surface area contributed by atoms with Crippen molar-refractivity contribution in [1.82, 2.24) is 0 Å². The number of aryl methyl sites for hydroxylation is 1. The standard InChI is InChI=1S/C23H15F5O2/c1-2-13-3-5-14(6-4-13)7-8-15-9-17(24)21(18(25)10-15)23(29)30-16-11-19(26)22(28)20(27)12-16/h3-12H,2H2,1H3. The Morgan fingerprint density at radius 3 is 1.87 bits per heavy atom. The van der Waals surface area contributed by atoms with Crippen LogP contribution in [0.3, 0.4) is 0 Å². The van der Waals surface area contributed by atoms with Gasteiger partial charge in [-0.1, -0.05) is 43.3 Å². The van der Waals surface area contributed by atoms with Gasteiger partial charge in [-0.3, -0.25) is 0 Å². The summed E-state index contributed by atoms with van der Waals surface area (Å²) in [7, 11) is 0. The molecule has 0 heterocycles. The third kappa shape index (κ3) is 4.74. The summed E-state index contributed by atoms with van der Waals surface area (Å²) in [5, 5.41) is 0. The number of ether oxygens (including phenoxy) is 1. The summed E-state index contributed by atoms with van der Waals surface area (Å²) in [5.41, 5.74) is 1.08. The summed E-state index contributed by atoms with van der Waals surface area (Å²) < 4.78 is 72.6. The molecule has 7 heteroatoms. The minimum Gasteiger partial charge on any atom is -0.423 e. The second kappa shape index (κ2) is 8.90.